The number of rotatable bonds is 9. The summed E-state index contributed by atoms with van der Waals surface area (Å²) in [7, 11) is -10.6. The second kappa shape index (κ2) is 17.4. The summed E-state index contributed by atoms with van der Waals surface area (Å²) in [5.41, 5.74) is 31.0. The van der Waals surface area contributed by atoms with Gasteiger partial charge in [-0.2, -0.15) is 15.3 Å². The molecule has 0 unspecified atom stereocenters. The predicted molar refractivity (Wildman–Crippen MR) is 201 cm³/mol. The van der Waals surface area contributed by atoms with E-state index >= 15 is 0 Å². The second-order valence-electron chi connectivity index (χ2n) is 11.5. The number of hydrogen-bond acceptors (Lipinski definition) is 18. The van der Waals surface area contributed by atoms with E-state index in [1.54, 1.807) is 24.3 Å². The Balaban J connectivity index is 0.00000348. The van der Waals surface area contributed by atoms with E-state index in [4.69, 9.17) is 28.7 Å². The number of azo groups is 3. The number of fused-ring (bicyclic) bond motifs is 1. The van der Waals surface area contributed by atoms with Crippen molar-refractivity contribution in [2.45, 2.75) is 9.79 Å². The summed E-state index contributed by atoms with van der Waals surface area (Å²) >= 11 is 0. The summed E-state index contributed by atoms with van der Waals surface area (Å²) in [5.74, 6) is -0.814. The number of aromatic hydroxyl groups is 1. The molecule has 0 aliphatic carbocycles. The average Bonchev–Trinajstić information content (AvgIpc) is 3.10. The molecule has 18 nitrogen and oxygen atoms in total. The quantitative estimate of drug-likeness (QED) is 0.0519. The largest absolute Gasteiger partial charge is 1.00 e. The van der Waals surface area contributed by atoms with Gasteiger partial charge in [-0.3, -0.25) is 0 Å². The standard InChI is InChI=1S/C34H29N11O7S2.2Na/c35-19-3-11-26(24(37)15-19)43-40-21-5-1-17(2-6-21)30-28(53(47,48)49)13-18-14-29(54(50,51)52)33(32(39)31(18)34(30)46)45-42-23-9-7-22(8-10-23)41-44-27-12-4-20(36)16-25(27)38;;/h1-16,46H,35-39H2,(H,47,48,49)(H,50,51,52);;/q;2*+1/p-2. The minimum absolute atomic E-state index is 0. The van der Waals surface area contributed by atoms with E-state index in [0.717, 1.165) is 12.1 Å². The van der Waals surface area contributed by atoms with Crippen LogP contribution in [0.25, 0.3) is 21.9 Å². The fourth-order valence-electron chi connectivity index (χ4n) is 5.23. The van der Waals surface area contributed by atoms with Crippen molar-refractivity contribution in [1.82, 2.24) is 0 Å². The van der Waals surface area contributed by atoms with Crippen LogP contribution in [0.15, 0.2) is 138 Å². The predicted octanol–water partition coefficient (Wildman–Crippen LogP) is 1.19. The molecule has 0 aliphatic heterocycles. The van der Waals surface area contributed by atoms with Gasteiger partial charge in [-0.1, -0.05) is 12.1 Å². The van der Waals surface area contributed by atoms with Gasteiger partial charge in [-0.05, 0) is 95.9 Å². The van der Waals surface area contributed by atoms with Crippen LogP contribution in [0.2, 0.25) is 0 Å². The van der Waals surface area contributed by atoms with Crippen molar-refractivity contribution < 1.29 is 90.2 Å². The van der Waals surface area contributed by atoms with Gasteiger partial charge in [0.05, 0.1) is 43.9 Å². The molecule has 0 spiro atoms. The molecule has 0 atom stereocenters. The van der Waals surface area contributed by atoms with Crippen molar-refractivity contribution in [3.63, 3.8) is 0 Å². The van der Waals surface area contributed by atoms with E-state index in [-0.39, 0.29) is 92.5 Å². The molecular weight excluding hydrogens is 785 g/mol. The van der Waals surface area contributed by atoms with Gasteiger partial charge >= 0.3 is 59.1 Å². The topological polar surface area (TPSA) is 339 Å². The van der Waals surface area contributed by atoms with Crippen LogP contribution in [-0.4, -0.2) is 31.0 Å². The average molecular weight is 812 g/mol. The fourth-order valence-corrected chi connectivity index (χ4v) is 6.63. The number of nitrogen functional groups attached to an aromatic ring is 5. The first kappa shape index (κ1) is 43.7. The Morgan fingerprint density at radius 1 is 0.518 bits per heavy atom. The van der Waals surface area contributed by atoms with Gasteiger partial charge < -0.3 is 42.9 Å². The van der Waals surface area contributed by atoms with Crippen LogP contribution in [0, 0.1) is 0 Å². The first-order valence-corrected chi connectivity index (χ1v) is 18.1. The Morgan fingerprint density at radius 3 is 1.36 bits per heavy atom. The third-order valence-electron chi connectivity index (χ3n) is 7.80. The zero-order chi connectivity index (χ0) is 38.9. The molecule has 6 aromatic rings. The molecule has 0 bridgehead atoms. The third-order valence-corrected chi connectivity index (χ3v) is 9.51. The van der Waals surface area contributed by atoms with Crippen molar-refractivity contribution in [3.8, 4) is 16.9 Å². The molecule has 0 aromatic heterocycles. The van der Waals surface area contributed by atoms with Crippen LogP contribution >= 0.6 is 0 Å². The van der Waals surface area contributed by atoms with Gasteiger partial charge in [0.15, 0.2) is 0 Å². The second-order valence-corrected chi connectivity index (χ2v) is 14.2. The number of nitrogens with two attached hydrogens (primary N) is 5. The molecule has 0 saturated carbocycles. The Labute approximate surface area is 363 Å². The fraction of sp³-hybridized carbons (Fsp3) is 0. The van der Waals surface area contributed by atoms with Crippen molar-refractivity contribution in [2.75, 3.05) is 28.7 Å². The molecule has 0 radical (unpaired) electrons. The van der Waals surface area contributed by atoms with Crippen molar-refractivity contribution in [2.24, 2.45) is 30.7 Å². The van der Waals surface area contributed by atoms with Gasteiger partial charge in [0, 0.05) is 22.3 Å². The zero-order valence-corrected chi connectivity index (χ0v) is 35.2. The van der Waals surface area contributed by atoms with Crippen LogP contribution in [0.4, 0.5) is 62.6 Å². The van der Waals surface area contributed by atoms with Gasteiger partial charge in [-0.15, -0.1) is 15.3 Å². The monoisotopic (exact) mass is 811 g/mol. The summed E-state index contributed by atoms with van der Waals surface area (Å²) in [6.07, 6.45) is 0. The van der Waals surface area contributed by atoms with E-state index in [9.17, 15) is 31.0 Å². The molecular formula is C34H27N11Na2O7S2. The Kier molecular flexibility index (Phi) is 13.6. The summed E-state index contributed by atoms with van der Waals surface area (Å²) in [5, 5.41) is 35.1. The number of anilines is 5. The van der Waals surface area contributed by atoms with Gasteiger partial charge in [-0.25, -0.2) is 16.8 Å². The third kappa shape index (κ3) is 9.68. The van der Waals surface area contributed by atoms with Crippen LogP contribution in [0.1, 0.15) is 0 Å². The maximum absolute atomic E-state index is 12.5. The van der Waals surface area contributed by atoms with E-state index in [0.29, 0.717) is 34.1 Å². The van der Waals surface area contributed by atoms with Gasteiger partial charge in [0.25, 0.3) is 0 Å². The molecule has 6 aromatic carbocycles. The molecule has 0 heterocycles. The van der Waals surface area contributed by atoms with Gasteiger partial charge in [0.1, 0.15) is 43.0 Å². The SMILES string of the molecule is Nc1ccc(N=Nc2ccc(N=Nc3c(S(=O)(=O)[O-])cc4cc(S(=O)(=O)[O-])c(-c5ccc(N=Nc6ccc(N)cc6N)cc5)c(O)c4c3N)cc2)c(N)c1.[Na+].[Na+]. The molecule has 6 rings (SSSR count). The molecule has 22 heteroatoms. The molecule has 56 heavy (non-hydrogen) atoms. The van der Waals surface area contributed by atoms with Crippen LogP contribution in [-0.2, 0) is 20.2 Å². The summed E-state index contributed by atoms with van der Waals surface area (Å²) in [6.45, 7) is 0. The number of phenolic OH excluding ortho intramolecular Hbond substituents is 1. The minimum atomic E-state index is -5.33. The zero-order valence-electron chi connectivity index (χ0n) is 29.5. The van der Waals surface area contributed by atoms with Crippen LogP contribution in [0.5, 0.6) is 5.75 Å². The van der Waals surface area contributed by atoms with E-state index in [1.807, 2.05) is 0 Å². The normalized spacial score (nSPS) is 12.0. The number of nitrogens with zero attached hydrogens (tertiary/aromatic N) is 6. The minimum Gasteiger partial charge on any atom is -0.744 e. The summed E-state index contributed by atoms with van der Waals surface area (Å²) in [4.78, 5) is -1.91. The molecule has 0 fully saturated rings. The van der Waals surface area contributed by atoms with E-state index < -0.39 is 52.7 Å². The van der Waals surface area contributed by atoms with Crippen LogP contribution < -0.4 is 87.8 Å². The van der Waals surface area contributed by atoms with Crippen molar-refractivity contribution >= 4 is 93.6 Å². The van der Waals surface area contributed by atoms with Crippen LogP contribution in [0.3, 0.4) is 0 Å². The smallest absolute Gasteiger partial charge is 0.744 e. The van der Waals surface area contributed by atoms with E-state index in [2.05, 4.69) is 30.7 Å². The number of phenols is 1. The molecule has 0 aliphatic rings. The Morgan fingerprint density at radius 2 is 0.929 bits per heavy atom. The Hall–Kier alpha value is -5.00. The Bertz CT molecular complexity index is 2790. The van der Waals surface area contributed by atoms with E-state index in [1.165, 1.54) is 60.7 Å². The number of hydrogen-bond donors (Lipinski definition) is 6. The summed E-state index contributed by atoms with van der Waals surface area (Å²) < 4.78 is 74.6. The first-order valence-electron chi connectivity index (χ1n) is 15.3. The maximum atomic E-state index is 12.5. The van der Waals surface area contributed by atoms with Gasteiger partial charge in [0.2, 0.25) is 0 Å². The van der Waals surface area contributed by atoms with Crippen molar-refractivity contribution in [1.29, 1.82) is 0 Å². The summed E-state index contributed by atoms with van der Waals surface area (Å²) in [6, 6.07) is 22.5. The number of benzene rings is 6. The molecule has 274 valence electrons. The first-order chi connectivity index (χ1) is 25.5. The molecule has 11 N–H and O–H groups in total. The van der Waals surface area contributed by atoms with Crippen molar-refractivity contribution in [3.05, 3.63) is 97.1 Å². The molecule has 0 saturated heterocycles. The maximum Gasteiger partial charge on any atom is 1.00 e. The molecule has 0 amide bonds.